The van der Waals surface area contributed by atoms with Crippen molar-refractivity contribution in [3.8, 4) is 0 Å². The van der Waals surface area contributed by atoms with Crippen molar-refractivity contribution in [3.63, 3.8) is 0 Å². The minimum atomic E-state index is -1.51. The summed E-state index contributed by atoms with van der Waals surface area (Å²) in [7, 11) is 0. The summed E-state index contributed by atoms with van der Waals surface area (Å²) < 4.78 is 4.85. The van der Waals surface area contributed by atoms with E-state index in [4.69, 9.17) is 39.5 Å². The van der Waals surface area contributed by atoms with Crippen LogP contribution >= 0.6 is 34.8 Å². The van der Waals surface area contributed by atoms with Crippen LogP contribution in [0, 0.1) is 0 Å². The second-order valence-corrected chi connectivity index (χ2v) is 8.20. The molecule has 0 N–H and O–H groups in total. The van der Waals surface area contributed by atoms with Crippen LogP contribution < -0.4 is 0 Å². The van der Waals surface area contributed by atoms with Crippen molar-refractivity contribution in [1.29, 1.82) is 0 Å². The molecule has 1 nitrogen and oxygen atoms in total. The van der Waals surface area contributed by atoms with E-state index in [2.05, 4.69) is 0 Å². The van der Waals surface area contributed by atoms with E-state index >= 15 is 0 Å². The average molecular weight is 392 g/mol. The van der Waals surface area contributed by atoms with Crippen molar-refractivity contribution in [2.75, 3.05) is 6.61 Å². The van der Waals surface area contributed by atoms with Crippen LogP contribution in [0.3, 0.4) is 0 Å². The zero-order valence-electron chi connectivity index (χ0n) is 13.4. The number of hydrogen-bond donors (Lipinski definition) is 0. The van der Waals surface area contributed by atoms with Gasteiger partial charge in [-0.15, -0.1) is 0 Å². The second-order valence-electron chi connectivity index (χ2n) is 5.68. The first-order valence-electron chi connectivity index (χ1n) is 7.90. The predicted octanol–water partition coefficient (Wildman–Crippen LogP) is 6.37. The fourth-order valence-electron chi connectivity index (χ4n) is 2.96. The van der Waals surface area contributed by atoms with Crippen molar-refractivity contribution in [2.24, 2.45) is 0 Å². The molecule has 0 heterocycles. The van der Waals surface area contributed by atoms with Gasteiger partial charge >= 0.3 is 0 Å². The minimum absolute atomic E-state index is 0.0453. The molecule has 0 aliphatic rings. The molecule has 4 heteroatoms. The van der Waals surface area contributed by atoms with Gasteiger partial charge < -0.3 is 4.74 Å². The van der Waals surface area contributed by atoms with Crippen LogP contribution in [0.25, 0.3) is 0 Å². The van der Waals surface area contributed by atoms with Gasteiger partial charge in [0.15, 0.2) is 0 Å². The lowest BCUT2D eigenvalue weighted by molar-refractivity contribution is 0.0160. The second kappa shape index (κ2) is 7.80. The fraction of sp³-hybridized carbons (Fsp3) is 0.143. The van der Waals surface area contributed by atoms with E-state index in [0.29, 0.717) is 0 Å². The average Bonchev–Trinajstić information content (AvgIpc) is 2.64. The van der Waals surface area contributed by atoms with E-state index in [9.17, 15) is 0 Å². The molecule has 0 amide bonds. The first kappa shape index (κ1) is 18.3. The molecule has 0 saturated heterocycles. The van der Waals surface area contributed by atoms with Crippen LogP contribution in [0.2, 0.25) is 0 Å². The van der Waals surface area contributed by atoms with E-state index in [1.165, 1.54) is 0 Å². The lowest BCUT2D eigenvalue weighted by Crippen LogP contribution is -2.35. The van der Waals surface area contributed by atoms with Gasteiger partial charge in [-0.1, -0.05) is 126 Å². The molecular formula is C21H17Cl3O. The van der Waals surface area contributed by atoms with Crippen molar-refractivity contribution < 1.29 is 4.74 Å². The van der Waals surface area contributed by atoms with Crippen LogP contribution in [0.4, 0.5) is 0 Å². The molecular weight excluding hydrogens is 375 g/mol. The summed E-state index contributed by atoms with van der Waals surface area (Å²) in [6, 6.07) is 30.0. The van der Waals surface area contributed by atoms with E-state index < -0.39 is 9.39 Å². The molecule has 0 bridgehead atoms. The van der Waals surface area contributed by atoms with Gasteiger partial charge in [0.05, 0.1) is 6.61 Å². The summed E-state index contributed by atoms with van der Waals surface area (Å²) in [4.78, 5) is 0. The van der Waals surface area contributed by atoms with E-state index in [1.54, 1.807) is 0 Å². The lowest BCUT2D eigenvalue weighted by atomic mass is 9.80. The first-order valence-corrected chi connectivity index (χ1v) is 9.03. The minimum Gasteiger partial charge on any atom is -0.356 e. The number of alkyl halides is 3. The van der Waals surface area contributed by atoms with Crippen LogP contribution in [-0.4, -0.2) is 10.4 Å². The fourth-order valence-corrected chi connectivity index (χ4v) is 3.12. The Bertz CT molecular complexity index is 687. The lowest BCUT2D eigenvalue weighted by Gasteiger charge is -2.36. The quantitative estimate of drug-likeness (QED) is 0.363. The van der Waals surface area contributed by atoms with Gasteiger partial charge in [0.1, 0.15) is 5.60 Å². The highest BCUT2D eigenvalue weighted by atomic mass is 35.6. The Labute approximate surface area is 163 Å². The molecule has 3 aromatic carbocycles. The van der Waals surface area contributed by atoms with Crippen molar-refractivity contribution in [1.82, 2.24) is 0 Å². The Balaban J connectivity index is 2.24. The van der Waals surface area contributed by atoms with Crippen LogP contribution in [0.1, 0.15) is 16.7 Å². The SMILES string of the molecule is ClC(Cl)(Cl)COC(c1ccccc1)(c1ccccc1)c1ccccc1. The highest BCUT2D eigenvalue weighted by molar-refractivity contribution is 6.67. The molecule has 0 saturated carbocycles. The molecule has 0 radical (unpaired) electrons. The van der Waals surface area contributed by atoms with Gasteiger partial charge in [0.25, 0.3) is 0 Å². The zero-order chi connectivity index (χ0) is 17.8. The number of hydrogen-bond acceptors (Lipinski definition) is 1. The number of ether oxygens (including phenoxy) is 1. The Hall–Kier alpha value is -1.51. The Morgan fingerprint density at radius 1 is 0.560 bits per heavy atom. The highest BCUT2D eigenvalue weighted by Crippen LogP contribution is 2.42. The van der Waals surface area contributed by atoms with Gasteiger partial charge in [0.2, 0.25) is 3.79 Å². The molecule has 3 aromatic rings. The normalized spacial score (nSPS) is 12.1. The maximum atomic E-state index is 6.36. The summed E-state index contributed by atoms with van der Waals surface area (Å²) in [5, 5.41) is 0. The summed E-state index contributed by atoms with van der Waals surface area (Å²) in [6.45, 7) is -0.0453. The van der Waals surface area contributed by atoms with Gasteiger partial charge in [0, 0.05) is 0 Å². The predicted molar refractivity (Wildman–Crippen MR) is 105 cm³/mol. The van der Waals surface area contributed by atoms with Crippen LogP contribution in [-0.2, 0) is 10.3 Å². The molecule has 0 aliphatic carbocycles. The molecule has 0 aliphatic heterocycles. The summed E-state index contributed by atoms with van der Waals surface area (Å²) in [5.41, 5.74) is 2.05. The number of rotatable bonds is 5. The van der Waals surface area contributed by atoms with Crippen molar-refractivity contribution in [3.05, 3.63) is 108 Å². The van der Waals surface area contributed by atoms with Crippen LogP contribution in [0.5, 0.6) is 0 Å². The molecule has 128 valence electrons. The van der Waals surface area contributed by atoms with Gasteiger partial charge in [-0.2, -0.15) is 0 Å². The molecule has 0 aromatic heterocycles. The molecule has 25 heavy (non-hydrogen) atoms. The molecule has 0 fully saturated rings. The third-order valence-corrected chi connectivity index (χ3v) is 4.32. The zero-order valence-corrected chi connectivity index (χ0v) is 15.7. The van der Waals surface area contributed by atoms with Crippen LogP contribution in [0.15, 0.2) is 91.0 Å². The third-order valence-electron chi connectivity index (χ3n) is 3.99. The van der Waals surface area contributed by atoms with E-state index in [0.717, 1.165) is 16.7 Å². The smallest absolute Gasteiger partial charge is 0.213 e. The topological polar surface area (TPSA) is 9.23 Å². The number of halogens is 3. The van der Waals surface area contributed by atoms with E-state index in [-0.39, 0.29) is 6.61 Å². The van der Waals surface area contributed by atoms with Crippen molar-refractivity contribution >= 4 is 34.8 Å². The van der Waals surface area contributed by atoms with Gasteiger partial charge in [-0.25, -0.2) is 0 Å². The molecule has 3 rings (SSSR count). The summed E-state index contributed by atoms with van der Waals surface area (Å²) in [5.74, 6) is 0. The van der Waals surface area contributed by atoms with Gasteiger partial charge in [-0.3, -0.25) is 0 Å². The summed E-state index contributed by atoms with van der Waals surface area (Å²) in [6.07, 6.45) is 0. The monoisotopic (exact) mass is 390 g/mol. The Morgan fingerprint density at radius 3 is 1.16 bits per heavy atom. The highest BCUT2D eigenvalue weighted by Gasteiger charge is 2.39. The Morgan fingerprint density at radius 2 is 0.880 bits per heavy atom. The third kappa shape index (κ3) is 4.19. The standard InChI is InChI=1S/C21H17Cl3O/c22-20(23,24)16-25-21(17-10-4-1-5-11-17,18-12-6-2-7-13-18)19-14-8-3-9-15-19/h1-15H,16H2. The first-order chi connectivity index (χ1) is 12.0. The molecule has 0 atom stereocenters. The van der Waals surface area contributed by atoms with Gasteiger partial charge in [-0.05, 0) is 16.7 Å². The maximum absolute atomic E-state index is 6.36. The summed E-state index contributed by atoms with van der Waals surface area (Å²) >= 11 is 18.0. The Kier molecular flexibility index (Phi) is 5.71. The maximum Gasteiger partial charge on any atom is 0.213 e. The van der Waals surface area contributed by atoms with Crippen molar-refractivity contribution in [2.45, 2.75) is 9.39 Å². The molecule has 0 spiro atoms. The van der Waals surface area contributed by atoms with E-state index in [1.807, 2.05) is 91.0 Å². The number of benzene rings is 3. The molecule has 0 unspecified atom stereocenters. The largest absolute Gasteiger partial charge is 0.356 e.